The van der Waals surface area contributed by atoms with Crippen LogP contribution in [0.4, 0.5) is 22.0 Å². The van der Waals surface area contributed by atoms with Crippen LogP contribution in [0.2, 0.25) is 10.0 Å². The summed E-state index contributed by atoms with van der Waals surface area (Å²) in [6.07, 6.45) is -5.47. The Bertz CT molecular complexity index is 1660. The number of rotatable bonds is 4. The van der Waals surface area contributed by atoms with Gasteiger partial charge in [0.1, 0.15) is 11.4 Å². The third-order valence-corrected chi connectivity index (χ3v) is 11.0. The smallest absolute Gasteiger partial charge is 0.343 e. The zero-order valence-electron chi connectivity index (χ0n) is 20.0. The van der Waals surface area contributed by atoms with E-state index in [1.54, 1.807) is 12.1 Å². The van der Waals surface area contributed by atoms with Crippen LogP contribution in [-0.4, -0.2) is 33.4 Å². The minimum atomic E-state index is -4.83. The number of nitrogens with one attached hydrogen (secondary N) is 1. The summed E-state index contributed by atoms with van der Waals surface area (Å²) in [5.41, 5.74) is -1.57. The first-order valence-electron chi connectivity index (χ1n) is 11.8. The highest BCUT2D eigenvalue weighted by molar-refractivity contribution is 7.99. The van der Waals surface area contributed by atoms with Gasteiger partial charge in [0.15, 0.2) is 16.0 Å². The van der Waals surface area contributed by atoms with Crippen molar-refractivity contribution < 1.29 is 35.1 Å². The zero-order chi connectivity index (χ0) is 28.7. The van der Waals surface area contributed by atoms with Crippen LogP contribution < -0.4 is 5.32 Å². The average Bonchev–Trinajstić information content (AvgIpc) is 3.48. The number of halogens is 7. The second kappa shape index (κ2) is 9.40. The molecule has 0 aromatic heterocycles. The Labute approximate surface area is 239 Å². The van der Waals surface area contributed by atoms with Crippen molar-refractivity contribution in [2.45, 2.75) is 33.3 Å². The Morgan fingerprint density at radius 3 is 2.23 bits per heavy atom. The van der Waals surface area contributed by atoms with Gasteiger partial charge in [-0.15, -0.1) is 0 Å². The van der Waals surface area contributed by atoms with Crippen molar-refractivity contribution in [2.24, 2.45) is 4.40 Å². The fourth-order valence-electron chi connectivity index (χ4n) is 5.14. The maximum atomic E-state index is 14.6. The molecule has 1 N–H and O–H groups in total. The molecule has 3 aliphatic heterocycles. The molecule has 5 nitrogen and oxygen atoms in total. The van der Waals surface area contributed by atoms with E-state index in [9.17, 15) is 30.4 Å². The second-order valence-corrected chi connectivity index (χ2v) is 13.6. The Hall–Kier alpha value is -2.22. The van der Waals surface area contributed by atoms with Crippen molar-refractivity contribution in [3.05, 3.63) is 98.5 Å². The van der Waals surface area contributed by atoms with Crippen molar-refractivity contribution in [2.75, 3.05) is 13.1 Å². The van der Waals surface area contributed by atoms with E-state index in [0.29, 0.717) is 18.7 Å². The molecule has 3 aromatic carbocycles. The number of nitrogens with zero attached hydrogens (tertiary/aromatic N) is 1. The molecule has 40 heavy (non-hydrogen) atoms. The number of benzene rings is 3. The lowest BCUT2D eigenvalue weighted by Gasteiger charge is -2.39. The van der Waals surface area contributed by atoms with E-state index in [2.05, 4.69) is 9.71 Å². The SMILES string of the molecule is O=S(=O)(c1ccc(F)cc1)C1OC2(CNC2)c2ccc(C3=NSC(c4cc(Cl)c(F)c(Cl)c4)(C(F)(F)F)C3)cc21. The molecule has 0 saturated carbocycles. The molecular formula is C26H17Cl2F5N2O3S2. The molecule has 2 unspecified atom stereocenters. The van der Waals surface area contributed by atoms with Gasteiger partial charge < -0.3 is 10.1 Å². The van der Waals surface area contributed by atoms with Crippen LogP contribution in [0.3, 0.4) is 0 Å². The predicted molar refractivity (Wildman–Crippen MR) is 141 cm³/mol. The van der Waals surface area contributed by atoms with Crippen molar-refractivity contribution >= 4 is 50.7 Å². The molecule has 1 fully saturated rings. The molecule has 0 aliphatic carbocycles. The highest BCUT2D eigenvalue weighted by atomic mass is 35.5. The molecule has 3 heterocycles. The summed E-state index contributed by atoms with van der Waals surface area (Å²) in [5.74, 6) is -1.64. The molecule has 210 valence electrons. The summed E-state index contributed by atoms with van der Waals surface area (Å²) < 4.78 is 106. The molecule has 3 aliphatic rings. The highest BCUT2D eigenvalue weighted by Gasteiger charge is 2.60. The van der Waals surface area contributed by atoms with Crippen LogP contribution in [0.25, 0.3) is 0 Å². The summed E-state index contributed by atoms with van der Waals surface area (Å²) >= 11 is 11.9. The fraction of sp³-hybridized carbons (Fsp3) is 0.269. The van der Waals surface area contributed by atoms with Gasteiger partial charge in [-0.05, 0) is 71.1 Å². The van der Waals surface area contributed by atoms with Crippen molar-refractivity contribution in [1.29, 1.82) is 0 Å². The molecule has 14 heteroatoms. The summed E-state index contributed by atoms with van der Waals surface area (Å²) in [4.78, 5) is -0.158. The summed E-state index contributed by atoms with van der Waals surface area (Å²) in [7, 11) is -4.17. The Kier molecular flexibility index (Phi) is 6.56. The van der Waals surface area contributed by atoms with Gasteiger partial charge in [0.25, 0.3) is 0 Å². The standard InChI is InChI=1S/C26H17Cl2F5N2O3S2/c27-19-8-14(9-20(28)22(19)30)25(26(31,32)33)10-21(35-39-25)13-1-6-18-17(7-13)23(38-24(18)11-34-12-24)40(36,37)16-4-2-15(29)3-5-16/h1-9,23,34H,10-12H2. The van der Waals surface area contributed by atoms with Gasteiger partial charge in [0.05, 0.1) is 20.7 Å². The maximum Gasteiger partial charge on any atom is 0.409 e. The van der Waals surface area contributed by atoms with E-state index in [-0.39, 0.29) is 39.2 Å². The number of alkyl halides is 3. The van der Waals surface area contributed by atoms with Crippen LogP contribution in [-0.2, 0) is 24.9 Å². The Balaban J connectivity index is 1.41. The normalized spacial score (nSPS) is 23.7. The van der Waals surface area contributed by atoms with E-state index in [1.165, 1.54) is 6.07 Å². The molecular weight excluding hydrogens is 618 g/mol. The quantitative estimate of drug-likeness (QED) is 0.147. The third-order valence-electron chi connectivity index (χ3n) is 7.34. The maximum absolute atomic E-state index is 14.6. The summed E-state index contributed by atoms with van der Waals surface area (Å²) in [5, 5.41) is 1.96. The van der Waals surface area contributed by atoms with Gasteiger partial charge in [-0.1, -0.05) is 35.3 Å². The Morgan fingerprint density at radius 2 is 1.65 bits per heavy atom. The van der Waals surface area contributed by atoms with E-state index >= 15 is 0 Å². The largest absolute Gasteiger partial charge is 0.409 e. The lowest BCUT2D eigenvalue weighted by Crippen LogP contribution is -2.56. The van der Waals surface area contributed by atoms with Crippen LogP contribution in [0.15, 0.2) is 63.9 Å². The zero-order valence-corrected chi connectivity index (χ0v) is 23.2. The lowest BCUT2D eigenvalue weighted by molar-refractivity contribution is -0.159. The van der Waals surface area contributed by atoms with Crippen LogP contribution >= 0.6 is 35.1 Å². The first-order chi connectivity index (χ1) is 18.8. The van der Waals surface area contributed by atoms with E-state index in [0.717, 1.165) is 36.4 Å². The van der Waals surface area contributed by atoms with Crippen molar-refractivity contribution in [1.82, 2.24) is 5.32 Å². The highest BCUT2D eigenvalue weighted by Crippen LogP contribution is 2.58. The minimum Gasteiger partial charge on any atom is -0.343 e. The summed E-state index contributed by atoms with van der Waals surface area (Å²) in [6.45, 7) is 0.684. The minimum absolute atomic E-state index is 0.0484. The van der Waals surface area contributed by atoms with Crippen LogP contribution in [0, 0.1) is 11.6 Å². The molecule has 3 aromatic rings. The van der Waals surface area contributed by atoms with Gasteiger partial charge in [-0.3, -0.25) is 0 Å². The van der Waals surface area contributed by atoms with Gasteiger partial charge in [0, 0.05) is 25.1 Å². The molecule has 0 bridgehead atoms. The number of hydrogen-bond acceptors (Lipinski definition) is 6. The van der Waals surface area contributed by atoms with Gasteiger partial charge in [0.2, 0.25) is 9.84 Å². The topological polar surface area (TPSA) is 67.8 Å². The third kappa shape index (κ3) is 4.18. The van der Waals surface area contributed by atoms with Crippen molar-refractivity contribution in [3.63, 3.8) is 0 Å². The number of fused-ring (bicyclic) bond motifs is 2. The lowest BCUT2D eigenvalue weighted by atomic mass is 9.85. The molecule has 6 rings (SSSR count). The Morgan fingerprint density at radius 1 is 1.00 bits per heavy atom. The van der Waals surface area contributed by atoms with Crippen LogP contribution in [0.5, 0.6) is 0 Å². The number of sulfone groups is 1. The monoisotopic (exact) mass is 634 g/mol. The second-order valence-electron chi connectivity index (χ2n) is 9.73. The number of ether oxygens (including phenoxy) is 1. The predicted octanol–water partition coefficient (Wildman–Crippen LogP) is 6.87. The molecule has 0 amide bonds. The van der Waals surface area contributed by atoms with Gasteiger partial charge in [-0.2, -0.15) is 13.2 Å². The molecule has 1 saturated heterocycles. The molecule has 2 atom stereocenters. The number of hydrogen-bond donors (Lipinski definition) is 1. The average molecular weight is 635 g/mol. The van der Waals surface area contributed by atoms with Gasteiger partial charge >= 0.3 is 6.18 Å². The fourth-order valence-corrected chi connectivity index (χ4v) is 8.19. The first-order valence-corrected chi connectivity index (χ1v) is 14.8. The van der Waals surface area contributed by atoms with E-state index < -0.39 is 59.9 Å². The van der Waals surface area contributed by atoms with Crippen molar-refractivity contribution in [3.8, 4) is 0 Å². The van der Waals surface area contributed by atoms with Crippen LogP contribution in [0.1, 0.15) is 34.1 Å². The van der Waals surface area contributed by atoms with Gasteiger partial charge in [-0.25, -0.2) is 21.6 Å². The van der Waals surface area contributed by atoms with E-state index in [4.69, 9.17) is 27.9 Å². The molecule has 1 spiro atoms. The first kappa shape index (κ1) is 27.9. The summed E-state index contributed by atoms with van der Waals surface area (Å²) in [6, 6.07) is 10.8. The van der Waals surface area contributed by atoms with E-state index in [1.807, 2.05) is 0 Å². The molecule has 0 radical (unpaired) electrons.